The number of rotatable bonds is 9. The zero-order valence-electron chi connectivity index (χ0n) is 15.8. The number of carbonyl (C=O) groups is 3. The van der Waals surface area contributed by atoms with Crippen molar-refractivity contribution in [2.75, 3.05) is 13.2 Å². The third-order valence-corrected chi connectivity index (χ3v) is 3.72. The highest BCUT2D eigenvalue weighted by molar-refractivity contribution is 5.92. The van der Waals surface area contributed by atoms with Gasteiger partial charge in [-0.1, -0.05) is 45.0 Å². The van der Waals surface area contributed by atoms with Gasteiger partial charge in [0.2, 0.25) is 0 Å². The van der Waals surface area contributed by atoms with Crippen molar-refractivity contribution in [3.8, 4) is 0 Å². The number of hydrogen-bond acceptors (Lipinski definition) is 5. The van der Waals surface area contributed by atoms with Gasteiger partial charge in [0.15, 0.2) is 6.61 Å². The molecule has 142 valence electrons. The smallest absolute Gasteiger partial charge is 0.331 e. The highest BCUT2D eigenvalue weighted by atomic mass is 16.5. The van der Waals surface area contributed by atoms with Gasteiger partial charge in [0.05, 0.1) is 12.6 Å². The van der Waals surface area contributed by atoms with Gasteiger partial charge in [0, 0.05) is 12.2 Å². The maximum absolute atomic E-state index is 12.1. The van der Waals surface area contributed by atoms with Gasteiger partial charge in [-0.15, -0.1) is 0 Å². The van der Waals surface area contributed by atoms with Crippen molar-refractivity contribution in [1.82, 2.24) is 5.32 Å². The molecule has 0 aromatic heterocycles. The SMILES string of the molecule is CCOC(=O)/C=C/C(=O)OCC(=O)N[C@@H](c1ccc(CC)cc1)C(C)C. The summed E-state index contributed by atoms with van der Waals surface area (Å²) in [6.07, 6.45) is 2.86. The lowest BCUT2D eigenvalue weighted by Gasteiger charge is -2.23. The monoisotopic (exact) mass is 361 g/mol. The normalized spacial score (nSPS) is 12.0. The largest absolute Gasteiger partial charge is 0.463 e. The average Bonchev–Trinajstić information content (AvgIpc) is 2.63. The topological polar surface area (TPSA) is 81.7 Å². The number of benzene rings is 1. The van der Waals surface area contributed by atoms with Crippen LogP contribution in [0.2, 0.25) is 0 Å². The van der Waals surface area contributed by atoms with Gasteiger partial charge >= 0.3 is 11.9 Å². The van der Waals surface area contributed by atoms with E-state index in [4.69, 9.17) is 4.74 Å². The fourth-order valence-electron chi connectivity index (χ4n) is 2.32. The maximum atomic E-state index is 12.1. The number of hydrogen-bond donors (Lipinski definition) is 1. The van der Waals surface area contributed by atoms with Gasteiger partial charge < -0.3 is 14.8 Å². The molecule has 1 rings (SSSR count). The first-order chi connectivity index (χ1) is 12.4. The van der Waals surface area contributed by atoms with E-state index >= 15 is 0 Å². The molecule has 0 fully saturated rings. The van der Waals surface area contributed by atoms with Crippen LogP contribution < -0.4 is 5.32 Å². The van der Waals surface area contributed by atoms with Gasteiger partial charge in [0.1, 0.15) is 0 Å². The van der Waals surface area contributed by atoms with Gasteiger partial charge in [-0.25, -0.2) is 9.59 Å². The van der Waals surface area contributed by atoms with Crippen molar-refractivity contribution >= 4 is 17.8 Å². The Kier molecular flexibility index (Phi) is 9.12. The van der Waals surface area contributed by atoms with Gasteiger partial charge in [-0.3, -0.25) is 4.79 Å². The minimum atomic E-state index is -0.776. The van der Waals surface area contributed by atoms with Crippen molar-refractivity contribution in [1.29, 1.82) is 0 Å². The zero-order chi connectivity index (χ0) is 19.5. The number of aryl methyl sites for hydroxylation is 1. The Balaban J connectivity index is 2.57. The van der Waals surface area contributed by atoms with Gasteiger partial charge in [0.25, 0.3) is 5.91 Å². The molecule has 0 aliphatic carbocycles. The van der Waals surface area contributed by atoms with E-state index in [0.29, 0.717) is 0 Å². The Bertz CT molecular complexity index is 634. The molecule has 1 N–H and O–H groups in total. The van der Waals surface area contributed by atoms with Crippen LogP contribution in [-0.4, -0.2) is 31.1 Å². The van der Waals surface area contributed by atoms with Crippen molar-refractivity contribution < 1.29 is 23.9 Å². The first-order valence-electron chi connectivity index (χ1n) is 8.77. The predicted octanol–water partition coefficient (Wildman–Crippen LogP) is 2.72. The molecule has 0 saturated heterocycles. The minimum absolute atomic E-state index is 0.172. The van der Waals surface area contributed by atoms with E-state index in [-0.39, 0.29) is 18.6 Å². The van der Waals surface area contributed by atoms with E-state index in [0.717, 1.165) is 24.1 Å². The van der Waals surface area contributed by atoms with Crippen LogP contribution in [0.4, 0.5) is 0 Å². The molecule has 0 spiro atoms. The standard InChI is InChI=1S/C20H27NO5/c1-5-15-7-9-16(10-8-15)20(14(3)4)21-17(22)13-26-19(24)12-11-18(23)25-6-2/h7-12,14,20H,5-6,13H2,1-4H3,(H,21,22)/b12-11+/t20-/m1/s1. The number of ether oxygens (including phenoxy) is 2. The number of amides is 1. The predicted molar refractivity (Wildman–Crippen MR) is 98.3 cm³/mol. The lowest BCUT2D eigenvalue weighted by molar-refractivity contribution is -0.144. The third kappa shape index (κ3) is 7.51. The fourth-order valence-corrected chi connectivity index (χ4v) is 2.32. The Morgan fingerprint density at radius 1 is 1.00 bits per heavy atom. The fraction of sp³-hybridized carbons (Fsp3) is 0.450. The second kappa shape index (κ2) is 11.1. The van der Waals surface area contributed by atoms with Crippen molar-refractivity contribution in [3.05, 3.63) is 47.5 Å². The Hall–Kier alpha value is -2.63. The van der Waals surface area contributed by atoms with Crippen molar-refractivity contribution in [2.45, 2.75) is 40.2 Å². The van der Waals surface area contributed by atoms with Crippen molar-refractivity contribution in [2.24, 2.45) is 5.92 Å². The summed E-state index contributed by atoms with van der Waals surface area (Å²) in [4.78, 5) is 34.7. The summed E-state index contributed by atoms with van der Waals surface area (Å²) in [6, 6.07) is 7.89. The summed E-state index contributed by atoms with van der Waals surface area (Å²) in [5, 5.41) is 2.88. The summed E-state index contributed by atoms with van der Waals surface area (Å²) < 4.78 is 9.49. The van der Waals surface area contributed by atoms with Crippen molar-refractivity contribution in [3.63, 3.8) is 0 Å². The van der Waals surface area contributed by atoms with E-state index in [1.54, 1.807) is 6.92 Å². The maximum Gasteiger partial charge on any atom is 0.331 e. The lowest BCUT2D eigenvalue weighted by Crippen LogP contribution is -2.34. The summed E-state index contributed by atoms with van der Waals surface area (Å²) in [6.45, 7) is 7.56. The molecule has 1 atom stereocenters. The number of carbonyl (C=O) groups excluding carboxylic acids is 3. The molecule has 26 heavy (non-hydrogen) atoms. The Morgan fingerprint density at radius 3 is 2.08 bits per heavy atom. The molecule has 0 aliphatic rings. The van der Waals surface area contributed by atoms with Crippen LogP contribution in [0.1, 0.15) is 44.9 Å². The van der Waals surface area contributed by atoms with E-state index < -0.39 is 24.5 Å². The summed E-state index contributed by atoms with van der Waals surface area (Å²) in [5.74, 6) is -1.64. The van der Waals surface area contributed by atoms with E-state index in [1.807, 2.05) is 38.1 Å². The Labute approximate surface area is 154 Å². The van der Waals surface area contributed by atoms with Crippen LogP contribution in [-0.2, 0) is 30.3 Å². The summed E-state index contributed by atoms with van der Waals surface area (Å²) in [5.41, 5.74) is 2.23. The molecular formula is C20H27NO5. The second-order valence-electron chi connectivity index (χ2n) is 6.08. The molecule has 6 heteroatoms. The van der Waals surface area contributed by atoms with E-state index in [2.05, 4.69) is 17.0 Å². The molecule has 0 radical (unpaired) electrons. The second-order valence-corrected chi connectivity index (χ2v) is 6.08. The molecule has 0 heterocycles. The summed E-state index contributed by atoms with van der Waals surface area (Å²) in [7, 11) is 0. The highest BCUT2D eigenvalue weighted by Crippen LogP contribution is 2.22. The molecule has 1 aromatic carbocycles. The lowest BCUT2D eigenvalue weighted by atomic mass is 9.95. The minimum Gasteiger partial charge on any atom is -0.463 e. The van der Waals surface area contributed by atoms with Crippen LogP contribution in [0, 0.1) is 5.92 Å². The first-order valence-corrected chi connectivity index (χ1v) is 8.77. The van der Waals surface area contributed by atoms with Gasteiger partial charge in [-0.05, 0) is 30.4 Å². The number of esters is 2. The molecular weight excluding hydrogens is 334 g/mol. The summed E-state index contributed by atoms with van der Waals surface area (Å²) >= 11 is 0. The average molecular weight is 361 g/mol. The van der Waals surface area contributed by atoms with Crippen LogP contribution >= 0.6 is 0 Å². The highest BCUT2D eigenvalue weighted by Gasteiger charge is 2.19. The van der Waals surface area contributed by atoms with Crippen LogP contribution in [0.3, 0.4) is 0 Å². The Morgan fingerprint density at radius 2 is 1.58 bits per heavy atom. The van der Waals surface area contributed by atoms with Gasteiger partial charge in [-0.2, -0.15) is 0 Å². The van der Waals surface area contributed by atoms with Crippen LogP contribution in [0.5, 0.6) is 0 Å². The van der Waals surface area contributed by atoms with Crippen LogP contribution in [0.25, 0.3) is 0 Å². The first kappa shape index (κ1) is 21.4. The molecule has 1 amide bonds. The molecule has 0 bridgehead atoms. The molecule has 6 nitrogen and oxygen atoms in total. The number of nitrogens with one attached hydrogen (secondary N) is 1. The molecule has 1 aromatic rings. The van der Waals surface area contributed by atoms with Crippen LogP contribution in [0.15, 0.2) is 36.4 Å². The molecule has 0 aliphatic heterocycles. The van der Waals surface area contributed by atoms with E-state index in [9.17, 15) is 14.4 Å². The quantitative estimate of drug-likeness (QED) is 0.540. The molecule has 0 unspecified atom stereocenters. The van der Waals surface area contributed by atoms with E-state index in [1.165, 1.54) is 5.56 Å². The molecule has 0 saturated carbocycles. The third-order valence-electron chi connectivity index (χ3n) is 3.72. The zero-order valence-corrected chi connectivity index (χ0v) is 15.8.